The highest BCUT2D eigenvalue weighted by atomic mass is 19.1. The molecule has 0 radical (unpaired) electrons. The van der Waals surface area contributed by atoms with Crippen LogP contribution in [0.15, 0.2) is 35.2 Å². The number of alkyl halides is 1. The number of nitrogens with zero attached hydrogens (tertiary/aromatic N) is 3. The predicted molar refractivity (Wildman–Crippen MR) is 86.2 cm³/mol. The lowest BCUT2D eigenvalue weighted by molar-refractivity contribution is 0.223. The molecule has 2 N–H and O–H groups in total. The van der Waals surface area contributed by atoms with Crippen LogP contribution in [0.1, 0.15) is 17.7 Å². The standard InChI is InChI=1S/C16H20FN5O2/c1-11-12(7-20-24-11)9-22-10-13(17)6-15(22)8-19-16(23)21-14-2-4-18-5-3-14/h2-5,7,13,15H,6,8-10H2,1H3,(H2,18,19,21,23)/t13-,15-/m0/s1. The molecule has 128 valence electrons. The van der Waals surface area contributed by atoms with Crippen LogP contribution in [0, 0.1) is 6.92 Å². The van der Waals surface area contributed by atoms with Crippen molar-refractivity contribution in [3.8, 4) is 0 Å². The second-order valence-corrected chi connectivity index (χ2v) is 5.89. The summed E-state index contributed by atoms with van der Waals surface area (Å²) in [6, 6.07) is 3.03. The first kappa shape index (κ1) is 16.4. The summed E-state index contributed by atoms with van der Waals surface area (Å²) in [5, 5.41) is 9.27. The smallest absolute Gasteiger partial charge is 0.319 e. The van der Waals surface area contributed by atoms with E-state index in [2.05, 4.69) is 20.8 Å². The van der Waals surface area contributed by atoms with Crippen molar-refractivity contribution in [3.63, 3.8) is 0 Å². The topological polar surface area (TPSA) is 83.3 Å². The third kappa shape index (κ3) is 4.08. The maximum absolute atomic E-state index is 13.8. The molecule has 2 atom stereocenters. The van der Waals surface area contributed by atoms with Gasteiger partial charge in [0.25, 0.3) is 0 Å². The van der Waals surface area contributed by atoms with Crippen LogP contribution in [0.4, 0.5) is 14.9 Å². The van der Waals surface area contributed by atoms with Gasteiger partial charge in [-0.1, -0.05) is 5.16 Å². The Morgan fingerprint density at radius 3 is 2.96 bits per heavy atom. The normalized spacial score (nSPS) is 20.9. The molecule has 1 aliphatic heterocycles. The van der Waals surface area contributed by atoms with Gasteiger partial charge in [0, 0.05) is 49.3 Å². The van der Waals surface area contributed by atoms with Crippen LogP contribution in [-0.4, -0.2) is 46.4 Å². The second kappa shape index (κ2) is 7.39. The fourth-order valence-electron chi connectivity index (χ4n) is 2.84. The molecule has 8 heteroatoms. The van der Waals surface area contributed by atoms with Gasteiger partial charge in [0.05, 0.1) is 6.20 Å². The van der Waals surface area contributed by atoms with Gasteiger partial charge >= 0.3 is 6.03 Å². The molecule has 3 rings (SSSR count). The molecular weight excluding hydrogens is 313 g/mol. The summed E-state index contributed by atoms with van der Waals surface area (Å²) < 4.78 is 18.9. The zero-order valence-corrected chi connectivity index (χ0v) is 13.4. The second-order valence-electron chi connectivity index (χ2n) is 5.89. The van der Waals surface area contributed by atoms with E-state index >= 15 is 0 Å². The molecule has 1 saturated heterocycles. The molecule has 24 heavy (non-hydrogen) atoms. The van der Waals surface area contributed by atoms with Crippen molar-refractivity contribution in [2.45, 2.75) is 32.1 Å². The van der Waals surface area contributed by atoms with Gasteiger partial charge in [-0.15, -0.1) is 0 Å². The lowest BCUT2D eigenvalue weighted by Gasteiger charge is -2.23. The minimum atomic E-state index is -0.889. The number of hydrogen-bond acceptors (Lipinski definition) is 5. The van der Waals surface area contributed by atoms with E-state index in [1.807, 2.05) is 11.8 Å². The van der Waals surface area contributed by atoms with Crippen molar-refractivity contribution in [1.82, 2.24) is 20.4 Å². The van der Waals surface area contributed by atoms with Gasteiger partial charge in [0.1, 0.15) is 11.9 Å². The van der Waals surface area contributed by atoms with Crippen molar-refractivity contribution in [1.29, 1.82) is 0 Å². The average Bonchev–Trinajstić information content (AvgIpc) is 3.12. The number of hydrogen-bond donors (Lipinski definition) is 2. The lowest BCUT2D eigenvalue weighted by atomic mass is 10.2. The third-order valence-corrected chi connectivity index (χ3v) is 4.14. The van der Waals surface area contributed by atoms with E-state index in [0.29, 0.717) is 31.7 Å². The summed E-state index contributed by atoms with van der Waals surface area (Å²) in [6.45, 7) is 3.12. The van der Waals surface area contributed by atoms with Crippen molar-refractivity contribution < 1.29 is 13.7 Å². The molecule has 1 aliphatic rings. The molecule has 0 aliphatic carbocycles. The summed E-state index contributed by atoms with van der Waals surface area (Å²) in [5.41, 5.74) is 1.60. The van der Waals surface area contributed by atoms with E-state index in [1.54, 1.807) is 30.7 Å². The Morgan fingerprint density at radius 1 is 1.46 bits per heavy atom. The number of aromatic nitrogens is 2. The fraction of sp³-hybridized carbons (Fsp3) is 0.438. The Morgan fingerprint density at radius 2 is 2.25 bits per heavy atom. The number of amides is 2. The molecule has 7 nitrogen and oxygen atoms in total. The maximum atomic E-state index is 13.8. The van der Waals surface area contributed by atoms with E-state index in [1.165, 1.54) is 0 Å². The summed E-state index contributed by atoms with van der Waals surface area (Å²) in [4.78, 5) is 17.8. The first-order valence-electron chi connectivity index (χ1n) is 7.85. The van der Waals surface area contributed by atoms with E-state index in [-0.39, 0.29) is 12.1 Å². The number of urea groups is 1. The van der Waals surface area contributed by atoms with Crippen LogP contribution in [0.5, 0.6) is 0 Å². The number of carbonyl (C=O) groups excluding carboxylic acids is 1. The number of likely N-dealkylation sites (tertiary alicyclic amines) is 1. The number of nitrogens with one attached hydrogen (secondary N) is 2. The Labute approximate surface area is 139 Å². The third-order valence-electron chi connectivity index (χ3n) is 4.14. The summed E-state index contributed by atoms with van der Waals surface area (Å²) in [7, 11) is 0. The van der Waals surface area contributed by atoms with Crippen molar-refractivity contribution in [2.75, 3.05) is 18.4 Å². The van der Waals surface area contributed by atoms with Gasteiger partial charge in [-0.3, -0.25) is 9.88 Å². The molecule has 2 aromatic rings. The Balaban J connectivity index is 1.53. The number of carbonyl (C=O) groups is 1. The fourth-order valence-corrected chi connectivity index (χ4v) is 2.84. The number of rotatable bonds is 5. The van der Waals surface area contributed by atoms with Gasteiger partial charge < -0.3 is 15.2 Å². The Bertz CT molecular complexity index is 678. The first-order chi connectivity index (χ1) is 11.6. The highest BCUT2D eigenvalue weighted by molar-refractivity contribution is 5.89. The molecular formula is C16H20FN5O2. The van der Waals surface area contributed by atoms with Gasteiger partial charge in [-0.2, -0.15) is 0 Å². The lowest BCUT2D eigenvalue weighted by Crippen LogP contribution is -2.41. The van der Waals surface area contributed by atoms with Crippen molar-refractivity contribution in [2.24, 2.45) is 0 Å². The van der Waals surface area contributed by atoms with Gasteiger partial charge in [0.15, 0.2) is 0 Å². The summed E-state index contributed by atoms with van der Waals surface area (Å²) >= 11 is 0. The highest BCUT2D eigenvalue weighted by Crippen LogP contribution is 2.23. The summed E-state index contributed by atoms with van der Waals surface area (Å²) in [5.74, 6) is 0.736. The SMILES string of the molecule is Cc1oncc1CN1C[C@@H](F)C[C@H]1CNC(=O)Nc1ccncc1. The van der Waals surface area contributed by atoms with E-state index in [0.717, 1.165) is 11.3 Å². The van der Waals surface area contributed by atoms with Gasteiger partial charge in [-0.05, 0) is 25.5 Å². The zero-order valence-electron chi connectivity index (χ0n) is 13.4. The molecule has 0 unspecified atom stereocenters. The number of aryl methyl sites for hydroxylation is 1. The number of pyridine rings is 1. The molecule has 0 saturated carbocycles. The van der Waals surface area contributed by atoms with Gasteiger partial charge in [0.2, 0.25) is 0 Å². The van der Waals surface area contributed by atoms with Crippen LogP contribution in [-0.2, 0) is 6.54 Å². The Kier molecular flexibility index (Phi) is 5.05. The predicted octanol–water partition coefficient (Wildman–Crippen LogP) is 2.11. The molecule has 0 bridgehead atoms. The van der Waals surface area contributed by atoms with Crippen LogP contribution >= 0.6 is 0 Å². The number of anilines is 1. The molecule has 2 aromatic heterocycles. The average molecular weight is 333 g/mol. The molecule has 0 spiro atoms. The van der Waals surface area contributed by atoms with Crippen molar-refractivity contribution in [3.05, 3.63) is 42.0 Å². The van der Waals surface area contributed by atoms with Gasteiger partial charge in [-0.25, -0.2) is 9.18 Å². The van der Waals surface area contributed by atoms with Crippen LogP contribution in [0.25, 0.3) is 0 Å². The molecule has 0 aromatic carbocycles. The van der Waals surface area contributed by atoms with Crippen LogP contribution in [0.3, 0.4) is 0 Å². The monoisotopic (exact) mass is 333 g/mol. The largest absolute Gasteiger partial charge is 0.361 e. The molecule has 2 amide bonds. The minimum Gasteiger partial charge on any atom is -0.361 e. The van der Waals surface area contributed by atoms with Crippen LogP contribution < -0.4 is 10.6 Å². The quantitative estimate of drug-likeness (QED) is 0.876. The van der Waals surface area contributed by atoms with E-state index < -0.39 is 6.17 Å². The first-order valence-corrected chi connectivity index (χ1v) is 7.85. The number of halogens is 1. The zero-order chi connectivity index (χ0) is 16.9. The summed E-state index contributed by atoms with van der Waals surface area (Å²) in [6.07, 6.45) is 4.37. The van der Waals surface area contributed by atoms with Crippen molar-refractivity contribution >= 4 is 11.7 Å². The van der Waals surface area contributed by atoms with E-state index in [4.69, 9.17) is 4.52 Å². The highest BCUT2D eigenvalue weighted by Gasteiger charge is 2.32. The molecule has 1 fully saturated rings. The Hall–Kier alpha value is -2.48. The maximum Gasteiger partial charge on any atom is 0.319 e. The minimum absolute atomic E-state index is 0.0579. The molecule has 3 heterocycles. The van der Waals surface area contributed by atoms with Crippen LogP contribution in [0.2, 0.25) is 0 Å². The van der Waals surface area contributed by atoms with E-state index in [9.17, 15) is 9.18 Å².